The van der Waals surface area contributed by atoms with Gasteiger partial charge in [-0.05, 0) is 78.7 Å². The third-order valence-corrected chi connectivity index (χ3v) is 5.39. The van der Waals surface area contributed by atoms with Crippen molar-refractivity contribution >= 4 is 27.5 Å². The molecule has 0 spiro atoms. The van der Waals surface area contributed by atoms with E-state index in [1.165, 1.54) is 0 Å². The van der Waals surface area contributed by atoms with E-state index in [9.17, 15) is 4.79 Å². The Kier molecular flexibility index (Phi) is 5.96. The van der Waals surface area contributed by atoms with Crippen LogP contribution in [0.25, 0.3) is 0 Å². The lowest BCUT2D eigenvalue weighted by molar-refractivity contribution is 0.102. The standard InChI is InChI=1S/C21H22BrN3O2/c1-4-27-19-10-8-18(9-11-19)23-21(26)17-7-5-6-16(12-17)13-25-15(3)20(22)14(2)24-25/h5-12H,4,13H2,1-3H3,(H,23,26). The van der Waals surface area contributed by atoms with Crippen LogP contribution in [0.5, 0.6) is 5.75 Å². The maximum absolute atomic E-state index is 12.6. The smallest absolute Gasteiger partial charge is 0.255 e. The summed E-state index contributed by atoms with van der Waals surface area (Å²) in [5.74, 6) is 0.643. The highest BCUT2D eigenvalue weighted by molar-refractivity contribution is 9.10. The number of nitrogens with one attached hydrogen (secondary N) is 1. The Hall–Kier alpha value is -2.60. The molecule has 140 valence electrons. The summed E-state index contributed by atoms with van der Waals surface area (Å²) in [5.41, 5.74) is 4.39. The Labute approximate surface area is 167 Å². The van der Waals surface area contributed by atoms with E-state index in [1.54, 1.807) is 0 Å². The second-order valence-electron chi connectivity index (χ2n) is 6.25. The highest BCUT2D eigenvalue weighted by Crippen LogP contribution is 2.21. The van der Waals surface area contributed by atoms with Crippen LogP contribution in [0.3, 0.4) is 0 Å². The number of carbonyl (C=O) groups is 1. The molecule has 3 rings (SSSR count). The molecule has 3 aromatic rings. The molecule has 0 aliphatic carbocycles. The second-order valence-corrected chi connectivity index (χ2v) is 7.05. The summed E-state index contributed by atoms with van der Waals surface area (Å²) >= 11 is 3.55. The number of nitrogens with zero attached hydrogens (tertiary/aromatic N) is 2. The Morgan fingerprint density at radius 2 is 1.93 bits per heavy atom. The first kappa shape index (κ1) is 19.2. The largest absolute Gasteiger partial charge is 0.494 e. The fraction of sp³-hybridized carbons (Fsp3) is 0.238. The molecular formula is C21H22BrN3O2. The van der Waals surface area contributed by atoms with Gasteiger partial charge in [-0.25, -0.2) is 0 Å². The van der Waals surface area contributed by atoms with Gasteiger partial charge < -0.3 is 10.1 Å². The number of hydrogen-bond acceptors (Lipinski definition) is 3. The quantitative estimate of drug-likeness (QED) is 0.604. The summed E-state index contributed by atoms with van der Waals surface area (Å²) in [6, 6.07) is 15.0. The molecule has 1 aromatic heterocycles. The first-order chi connectivity index (χ1) is 13.0. The molecule has 0 saturated heterocycles. The van der Waals surface area contributed by atoms with Gasteiger partial charge >= 0.3 is 0 Å². The normalized spacial score (nSPS) is 10.7. The molecule has 27 heavy (non-hydrogen) atoms. The number of aromatic nitrogens is 2. The minimum Gasteiger partial charge on any atom is -0.494 e. The van der Waals surface area contributed by atoms with Gasteiger partial charge in [0.2, 0.25) is 0 Å². The summed E-state index contributed by atoms with van der Waals surface area (Å²) in [4.78, 5) is 12.6. The number of benzene rings is 2. The predicted octanol–water partition coefficient (Wildman–Crippen LogP) is 4.96. The van der Waals surface area contributed by atoms with Crippen LogP contribution in [0.1, 0.15) is 34.2 Å². The summed E-state index contributed by atoms with van der Waals surface area (Å²) in [6.07, 6.45) is 0. The summed E-state index contributed by atoms with van der Waals surface area (Å²) in [5, 5.41) is 7.45. The van der Waals surface area contributed by atoms with Crippen LogP contribution < -0.4 is 10.1 Å². The predicted molar refractivity (Wildman–Crippen MR) is 111 cm³/mol. The molecule has 1 heterocycles. The van der Waals surface area contributed by atoms with Crippen LogP contribution in [-0.4, -0.2) is 22.3 Å². The number of hydrogen-bond donors (Lipinski definition) is 1. The molecule has 0 fully saturated rings. The lowest BCUT2D eigenvalue weighted by Gasteiger charge is -2.09. The maximum Gasteiger partial charge on any atom is 0.255 e. The topological polar surface area (TPSA) is 56.1 Å². The molecule has 5 nitrogen and oxygen atoms in total. The van der Waals surface area contributed by atoms with E-state index in [0.717, 1.165) is 32.9 Å². The minimum atomic E-state index is -0.143. The van der Waals surface area contributed by atoms with Crippen LogP contribution in [0.2, 0.25) is 0 Å². The summed E-state index contributed by atoms with van der Waals surface area (Å²) in [7, 11) is 0. The lowest BCUT2D eigenvalue weighted by atomic mass is 10.1. The van der Waals surface area contributed by atoms with E-state index in [0.29, 0.717) is 18.7 Å². The number of aryl methyl sites for hydroxylation is 1. The second kappa shape index (κ2) is 8.39. The fourth-order valence-corrected chi connectivity index (χ4v) is 3.10. The zero-order chi connectivity index (χ0) is 19.4. The monoisotopic (exact) mass is 427 g/mol. The maximum atomic E-state index is 12.6. The van der Waals surface area contributed by atoms with Gasteiger partial charge in [0.05, 0.1) is 29.0 Å². The van der Waals surface area contributed by atoms with Crippen molar-refractivity contribution in [3.63, 3.8) is 0 Å². The lowest BCUT2D eigenvalue weighted by Crippen LogP contribution is -2.13. The molecule has 1 N–H and O–H groups in total. The van der Waals surface area contributed by atoms with Crippen LogP contribution >= 0.6 is 15.9 Å². The molecule has 0 saturated carbocycles. The molecule has 2 aromatic carbocycles. The molecular weight excluding hydrogens is 406 g/mol. The molecule has 0 radical (unpaired) electrons. The first-order valence-electron chi connectivity index (χ1n) is 8.80. The minimum absolute atomic E-state index is 0.143. The molecule has 1 amide bonds. The number of rotatable bonds is 6. The number of halogens is 1. The average molecular weight is 428 g/mol. The SMILES string of the molecule is CCOc1ccc(NC(=O)c2cccc(Cn3nc(C)c(Br)c3C)c2)cc1. The van der Waals surface area contributed by atoms with E-state index in [2.05, 4.69) is 26.3 Å². The molecule has 6 heteroatoms. The third kappa shape index (κ3) is 4.57. The Morgan fingerprint density at radius 3 is 2.56 bits per heavy atom. The molecule has 0 atom stereocenters. The molecule has 0 aliphatic heterocycles. The van der Waals surface area contributed by atoms with Crippen molar-refractivity contribution in [1.82, 2.24) is 9.78 Å². The Bertz CT molecular complexity index is 949. The van der Waals surface area contributed by atoms with Gasteiger partial charge in [0.25, 0.3) is 5.91 Å². The van der Waals surface area contributed by atoms with Gasteiger partial charge in [0, 0.05) is 11.3 Å². The van der Waals surface area contributed by atoms with Crippen molar-refractivity contribution in [2.24, 2.45) is 0 Å². The van der Waals surface area contributed by atoms with Gasteiger partial charge in [0.15, 0.2) is 0 Å². The van der Waals surface area contributed by atoms with Crippen molar-refractivity contribution < 1.29 is 9.53 Å². The van der Waals surface area contributed by atoms with Crippen molar-refractivity contribution in [3.05, 3.63) is 75.5 Å². The van der Waals surface area contributed by atoms with Crippen molar-refractivity contribution in [2.45, 2.75) is 27.3 Å². The van der Waals surface area contributed by atoms with E-state index < -0.39 is 0 Å². The number of carbonyl (C=O) groups excluding carboxylic acids is 1. The van der Waals surface area contributed by atoms with Crippen LogP contribution in [0.4, 0.5) is 5.69 Å². The highest BCUT2D eigenvalue weighted by Gasteiger charge is 2.11. The van der Waals surface area contributed by atoms with Gasteiger partial charge in [-0.1, -0.05) is 12.1 Å². The van der Waals surface area contributed by atoms with E-state index in [-0.39, 0.29) is 5.91 Å². The van der Waals surface area contributed by atoms with Crippen molar-refractivity contribution in [3.8, 4) is 5.75 Å². The van der Waals surface area contributed by atoms with E-state index >= 15 is 0 Å². The fourth-order valence-electron chi connectivity index (χ4n) is 2.82. The number of amides is 1. The number of ether oxygens (including phenoxy) is 1. The van der Waals surface area contributed by atoms with Crippen LogP contribution in [0, 0.1) is 13.8 Å². The highest BCUT2D eigenvalue weighted by atomic mass is 79.9. The Morgan fingerprint density at radius 1 is 1.19 bits per heavy atom. The zero-order valence-electron chi connectivity index (χ0n) is 15.6. The van der Waals surface area contributed by atoms with Crippen molar-refractivity contribution in [2.75, 3.05) is 11.9 Å². The zero-order valence-corrected chi connectivity index (χ0v) is 17.2. The van der Waals surface area contributed by atoms with Gasteiger partial charge in [-0.15, -0.1) is 0 Å². The Balaban J connectivity index is 1.72. The average Bonchev–Trinajstić information content (AvgIpc) is 2.90. The van der Waals surface area contributed by atoms with Crippen molar-refractivity contribution in [1.29, 1.82) is 0 Å². The van der Waals surface area contributed by atoms with E-state index in [1.807, 2.05) is 74.0 Å². The van der Waals surface area contributed by atoms with Crippen LogP contribution in [0.15, 0.2) is 53.0 Å². The summed E-state index contributed by atoms with van der Waals surface area (Å²) in [6.45, 7) is 7.15. The summed E-state index contributed by atoms with van der Waals surface area (Å²) < 4.78 is 8.37. The van der Waals surface area contributed by atoms with Gasteiger partial charge in [-0.3, -0.25) is 9.48 Å². The number of anilines is 1. The van der Waals surface area contributed by atoms with Crippen LogP contribution in [-0.2, 0) is 6.54 Å². The van der Waals surface area contributed by atoms with E-state index in [4.69, 9.17) is 4.74 Å². The van der Waals surface area contributed by atoms with Gasteiger partial charge in [0.1, 0.15) is 5.75 Å². The molecule has 0 bridgehead atoms. The first-order valence-corrected chi connectivity index (χ1v) is 9.60. The molecule has 0 unspecified atom stereocenters. The van der Waals surface area contributed by atoms with Gasteiger partial charge in [-0.2, -0.15) is 5.10 Å². The molecule has 0 aliphatic rings. The third-order valence-electron chi connectivity index (χ3n) is 4.24.